The van der Waals surface area contributed by atoms with Gasteiger partial charge in [-0.15, -0.1) is 0 Å². The summed E-state index contributed by atoms with van der Waals surface area (Å²) in [6, 6.07) is 7.49. The predicted molar refractivity (Wildman–Crippen MR) is 48.1 cm³/mol. The predicted octanol–water partition coefficient (Wildman–Crippen LogP) is 2.05. The second-order valence-electron chi connectivity index (χ2n) is 2.83. The zero-order valence-corrected chi connectivity index (χ0v) is 6.97. The van der Waals surface area contributed by atoms with Gasteiger partial charge in [0.2, 0.25) is 0 Å². The summed E-state index contributed by atoms with van der Waals surface area (Å²) in [7, 11) is 0. The highest BCUT2D eigenvalue weighted by molar-refractivity contribution is 8.06. The fraction of sp³-hybridized carbons (Fsp3) is 0.333. The third kappa shape index (κ3) is 1.90. The van der Waals surface area contributed by atoms with Crippen LogP contribution in [0.4, 0.5) is 0 Å². The Kier molecular flexibility index (Phi) is 1.78. The minimum atomic E-state index is 0.359. The molecule has 1 heterocycles. The van der Waals surface area contributed by atoms with Crippen molar-refractivity contribution in [3.05, 3.63) is 29.8 Å². The Bertz CT molecular complexity index is 238. The SMILES string of the molecule is Oc1ccc(CC2CS2)cc1. The van der Waals surface area contributed by atoms with Gasteiger partial charge in [-0.2, -0.15) is 11.8 Å². The Morgan fingerprint density at radius 2 is 2.00 bits per heavy atom. The third-order valence-electron chi connectivity index (χ3n) is 1.80. The minimum absolute atomic E-state index is 0.359. The van der Waals surface area contributed by atoms with Crippen LogP contribution in [-0.4, -0.2) is 16.1 Å². The Morgan fingerprint density at radius 3 is 2.55 bits per heavy atom. The van der Waals surface area contributed by atoms with E-state index in [1.165, 1.54) is 11.3 Å². The van der Waals surface area contributed by atoms with Crippen LogP contribution < -0.4 is 0 Å². The molecule has 11 heavy (non-hydrogen) atoms. The van der Waals surface area contributed by atoms with E-state index < -0.39 is 0 Å². The summed E-state index contributed by atoms with van der Waals surface area (Å²) in [4.78, 5) is 0. The van der Waals surface area contributed by atoms with Gasteiger partial charge in [0.25, 0.3) is 0 Å². The minimum Gasteiger partial charge on any atom is -0.508 e. The summed E-state index contributed by atoms with van der Waals surface area (Å²) < 4.78 is 0. The molecule has 1 saturated heterocycles. The average molecular weight is 166 g/mol. The topological polar surface area (TPSA) is 20.2 Å². The zero-order chi connectivity index (χ0) is 7.68. The lowest BCUT2D eigenvalue weighted by molar-refractivity contribution is 0.475. The first kappa shape index (κ1) is 7.04. The van der Waals surface area contributed by atoms with Gasteiger partial charge in [0, 0.05) is 11.0 Å². The molecule has 0 bridgehead atoms. The first-order valence-electron chi connectivity index (χ1n) is 3.74. The molecule has 1 atom stereocenters. The first-order valence-corrected chi connectivity index (χ1v) is 4.79. The molecule has 1 fully saturated rings. The van der Waals surface area contributed by atoms with Crippen LogP contribution in [0.1, 0.15) is 5.56 Å². The van der Waals surface area contributed by atoms with E-state index in [0.717, 1.165) is 11.7 Å². The molecule has 1 N–H and O–H groups in total. The van der Waals surface area contributed by atoms with Crippen LogP contribution in [0.25, 0.3) is 0 Å². The molecule has 58 valence electrons. The van der Waals surface area contributed by atoms with E-state index in [0.29, 0.717) is 5.75 Å². The highest BCUT2D eigenvalue weighted by Crippen LogP contribution is 2.33. The van der Waals surface area contributed by atoms with Crippen molar-refractivity contribution in [1.29, 1.82) is 0 Å². The normalized spacial score (nSPS) is 21.6. The molecule has 1 nitrogen and oxygen atoms in total. The van der Waals surface area contributed by atoms with Gasteiger partial charge in [-0.1, -0.05) is 12.1 Å². The van der Waals surface area contributed by atoms with Crippen molar-refractivity contribution in [2.75, 3.05) is 5.75 Å². The van der Waals surface area contributed by atoms with Gasteiger partial charge < -0.3 is 5.11 Å². The van der Waals surface area contributed by atoms with Crippen LogP contribution in [0.15, 0.2) is 24.3 Å². The second-order valence-corrected chi connectivity index (χ2v) is 4.16. The summed E-state index contributed by atoms with van der Waals surface area (Å²) in [6.07, 6.45) is 1.16. The van der Waals surface area contributed by atoms with Gasteiger partial charge in [0.05, 0.1) is 0 Å². The van der Waals surface area contributed by atoms with Gasteiger partial charge in [0.15, 0.2) is 0 Å². The smallest absolute Gasteiger partial charge is 0.115 e. The maximum atomic E-state index is 9.00. The summed E-state index contributed by atoms with van der Waals surface area (Å²) in [6.45, 7) is 0. The summed E-state index contributed by atoms with van der Waals surface area (Å²) in [5, 5.41) is 9.85. The Morgan fingerprint density at radius 1 is 1.36 bits per heavy atom. The molecule has 0 aliphatic carbocycles. The van der Waals surface area contributed by atoms with E-state index in [1.54, 1.807) is 12.1 Å². The highest BCUT2D eigenvalue weighted by atomic mass is 32.2. The molecule has 0 spiro atoms. The lowest BCUT2D eigenvalue weighted by Crippen LogP contribution is -1.89. The highest BCUT2D eigenvalue weighted by Gasteiger charge is 2.21. The Balaban J connectivity index is 2.06. The number of benzene rings is 1. The van der Waals surface area contributed by atoms with Crippen LogP contribution in [0.5, 0.6) is 5.75 Å². The van der Waals surface area contributed by atoms with Crippen LogP contribution in [0.3, 0.4) is 0 Å². The molecule has 1 aromatic rings. The maximum absolute atomic E-state index is 9.00. The van der Waals surface area contributed by atoms with Crippen molar-refractivity contribution in [2.24, 2.45) is 0 Å². The fourth-order valence-electron chi connectivity index (χ4n) is 1.08. The van der Waals surface area contributed by atoms with Gasteiger partial charge in [0.1, 0.15) is 5.75 Å². The van der Waals surface area contributed by atoms with Crippen LogP contribution in [0, 0.1) is 0 Å². The lowest BCUT2D eigenvalue weighted by Gasteiger charge is -1.97. The van der Waals surface area contributed by atoms with Crippen molar-refractivity contribution < 1.29 is 5.11 Å². The number of phenols is 1. The fourth-order valence-corrected chi connectivity index (χ4v) is 1.65. The van der Waals surface area contributed by atoms with Crippen LogP contribution >= 0.6 is 11.8 Å². The molecule has 0 saturated carbocycles. The molecule has 2 rings (SSSR count). The first-order chi connectivity index (χ1) is 5.34. The van der Waals surface area contributed by atoms with E-state index in [9.17, 15) is 0 Å². The molecule has 1 aromatic carbocycles. The standard InChI is InChI=1S/C9H10OS/c10-8-3-1-7(2-4-8)5-9-6-11-9/h1-4,9-10H,5-6H2. The average Bonchev–Trinajstić information content (AvgIpc) is 2.78. The van der Waals surface area contributed by atoms with Gasteiger partial charge in [-0.3, -0.25) is 0 Å². The van der Waals surface area contributed by atoms with E-state index in [-0.39, 0.29) is 0 Å². The van der Waals surface area contributed by atoms with E-state index in [2.05, 4.69) is 0 Å². The number of thioether (sulfide) groups is 1. The van der Waals surface area contributed by atoms with Crippen molar-refractivity contribution in [1.82, 2.24) is 0 Å². The van der Waals surface area contributed by atoms with Crippen molar-refractivity contribution >= 4 is 11.8 Å². The van der Waals surface area contributed by atoms with E-state index in [4.69, 9.17) is 5.11 Å². The lowest BCUT2D eigenvalue weighted by atomic mass is 10.1. The number of phenolic OH excluding ortho intramolecular Hbond substituents is 1. The zero-order valence-electron chi connectivity index (χ0n) is 6.16. The molecule has 1 unspecified atom stereocenters. The van der Waals surface area contributed by atoms with E-state index in [1.807, 2.05) is 23.9 Å². The summed E-state index contributed by atoms with van der Waals surface area (Å²) in [5.74, 6) is 1.66. The maximum Gasteiger partial charge on any atom is 0.115 e. The molecule has 2 heteroatoms. The van der Waals surface area contributed by atoms with Crippen LogP contribution in [-0.2, 0) is 6.42 Å². The second kappa shape index (κ2) is 2.78. The van der Waals surface area contributed by atoms with Gasteiger partial charge >= 0.3 is 0 Å². The molecule has 0 aromatic heterocycles. The number of rotatable bonds is 2. The summed E-state index contributed by atoms with van der Waals surface area (Å²) in [5.41, 5.74) is 1.33. The van der Waals surface area contributed by atoms with Crippen molar-refractivity contribution in [3.63, 3.8) is 0 Å². The van der Waals surface area contributed by atoms with Crippen LogP contribution in [0.2, 0.25) is 0 Å². The Labute approximate surface area is 70.4 Å². The molecule has 0 radical (unpaired) electrons. The monoisotopic (exact) mass is 166 g/mol. The molecule has 1 aliphatic heterocycles. The molecule has 1 aliphatic rings. The quantitative estimate of drug-likeness (QED) is 0.678. The van der Waals surface area contributed by atoms with Crippen molar-refractivity contribution in [2.45, 2.75) is 11.7 Å². The van der Waals surface area contributed by atoms with Gasteiger partial charge in [-0.25, -0.2) is 0 Å². The molecular formula is C9H10OS. The number of aromatic hydroxyl groups is 1. The molecular weight excluding hydrogens is 156 g/mol. The third-order valence-corrected chi connectivity index (χ3v) is 2.77. The van der Waals surface area contributed by atoms with Crippen molar-refractivity contribution in [3.8, 4) is 5.75 Å². The molecule has 0 amide bonds. The largest absolute Gasteiger partial charge is 0.508 e. The van der Waals surface area contributed by atoms with E-state index >= 15 is 0 Å². The Hall–Kier alpha value is -0.630. The van der Waals surface area contributed by atoms with Gasteiger partial charge in [-0.05, 0) is 24.1 Å². The number of hydrogen-bond donors (Lipinski definition) is 1. The number of hydrogen-bond acceptors (Lipinski definition) is 2. The summed E-state index contributed by atoms with van der Waals surface area (Å²) >= 11 is 2.00.